The normalized spacial score (nSPS) is 23.4. The second-order valence-electron chi connectivity index (χ2n) is 6.47. The molecule has 2 fully saturated rings. The number of piperazine rings is 1. The van der Waals surface area contributed by atoms with Crippen LogP contribution in [0.1, 0.15) is 12.8 Å². The minimum Gasteiger partial charge on any atom is -0.383 e. The van der Waals surface area contributed by atoms with Gasteiger partial charge in [0.05, 0.1) is 6.61 Å². The van der Waals surface area contributed by atoms with Gasteiger partial charge in [0, 0.05) is 65.0 Å². The Morgan fingerprint density at radius 2 is 1.90 bits per heavy atom. The molecule has 0 amide bonds. The van der Waals surface area contributed by atoms with Crippen LogP contribution in [-0.4, -0.2) is 100 Å². The summed E-state index contributed by atoms with van der Waals surface area (Å²) < 4.78 is 5.41. The number of hydrogen-bond acceptors (Lipinski definition) is 5. The topological polar surface area (TPSA) is 31.0 Å². The predicted molar refractivity (Wildman–Crippen MR) is 83.3 cm³/mol. The molecule has 1 unspecified atom stereocenters. The van der Waals surface area contributed by atoms with Crippen LogP contribution in [0.25, 0.3) is 0 Å². The first-order valence-corrected chi connectivity index (χ1v) is 8.02. The number of ether oxygens (including phenoxy) is 1. The summed E-state index contributed by atoms with van der Waals surface area (Å²) in [5.41, 5.74) is 0. The first-order valence-electron chi connectivity index (χ1n) is 8.02. The SMILES string of the molecule is COCC(CNC1CC1)N1CCN(CCN(C)C)CC1. The number of likely N-dealkylation sites (N-methyl/N-ethyl adjacent to an activating group) is 1. The van der Waals surface area contributed by atoms with Gasteiger partial charge in [-0.2, -0.15) is 0 Å². The van der Waals surface area contributed by atoms with Crippen LogP contribution in [0.4, 0.5) is 0 Å². The van der Waals surface area contributed by atoms with Gasteiger partial charge in [-0.1, -0.05) is 0 Å². The summed E-state index contributed by atoms with van der Waals surface area (Å²) in [5.74, 6) is 0. The van der Waals surface area contributed by atoms with Crippen LogP contribution in [0.5, 0.6) is 0 Å². The van der Waals surface area contributed by atoms with E-state index in [1.54, 1.807) is 0 Å². The molecule has 5 heteroatoms. The van der Waals surface area contributed by atoms with E-state index in [-0.39, 0.29) is 0 Å². The number of nitrogens with zero attached hydrogens (tertiary/aromatic N) is 3. The Morgan fingerprint density at radius 1 is 1.20 bits per heavy atom. The molecule has 1 heterocycles. The maximum absolute atomic E-state index is 5.41. The van der Waals surface area contributed by atoms with Gasteiger partial charge in [0.25, 0.3) is 0 Å². The van der Waals surface area contributed by atoms with Crippen LogP contribution < -0.4 is 5.32 Å². The second kappa shape index (κ2) is 8.29. The standard InChI is InChI=1S/C15H32N4O/c1-17(2)6-7-18-8-10-19(11-9-18)15(13-20-3)12-16-14-4-5-14/h14-16H,4-13H2,1-3H3. The molecule has 0 spiro atoms. The molecule has 0 aromatic heterocycles. The lowest BCUT2D eigenvalue weighted by Gasteiger charge is -2.39. The Bertz CT molecular complexity index is 263. The van der Waals surface area contributed by atoms with E-state index < -0.39 is 0 Å². The molecule has 2 aliphatic rings. The molecular weight excluding hydrogens is 252 g/mol. The Balaban J connectivity index is 1.68. The van der Waals surface area contributed by atoms with Gasteiger partial charge in [-0.05, 0) is 26.9 Å². The van der Waals surface area contributed by atoms with Crippen LogP contribution >= 0.6 is 0 Å². The third-order valence-electron chi connectivity index (χ3n) is 4.37. The number of hydrogen-bond donors (Lipinski definition) is 1. The number of methoxy groups -OCH3 is 1. The highest BCUT2D eigenvalue weighted by Crippen LogP contribution is 2.19. The smallest absolute Gasteiger partial charge is 0.0630 e. The minimum atomic E-state index is 0.539. The lowest BCUT2D eigenvalue weighted by atomic mass is 10.2. The zero-order valence-electron chi connectivity index (χ0n) is 13.5. The van der Waals surface area contributed by atoms with E-state index >= 15 is 0 Å². The van der Waals surface area contributed by atoms with Crippen LogP contribution in [0.15, 0.2) is 0 Å². The highest BCUT2D eigenvalue weighted by molar-refractivity contribution is 4.86. The van der Waals surface area contributed by atoms with Crippen molar-refractivity contribution in [2.75, 3.05) is 73.6 Å². The maximum Gasteiger partial charge on any atom is 0.0630 e. The van der Waals surface area contributed by atoms with Gasteiger partial charge in [-0.25, -0.2) is 0 Å². The van der Waals surface area contributed by atoms with Crippen molar-refractivity contribution >= 4 is 0 Å². The Kier molecular flexibility index (Phi) is 6.71. The molecule has 2 rings (SSSR count). The lowest BCUT2D eigenvalue weighted by Crippen LogP contribution is -2.55. The molecule has 1 saturated heterocycles. The average Bonchev–Trinajstić information content (AvgIpc) is 3.26. The summed E-state index contributed by atoms with van der Waals surface area (Å²) in [7, 11) is 6.11. The van der Waals surface area contributed by atoms with E-state index in [2.05, 4.69) is 34.1 Å². The van der Waals surface area contributed by atoms with Gasteiger partial charge in [-0.3, -0.25) is 9.80 Å². The molecule has 20 heavy (non-hydrogen) atoms. The first kappa shape index (κ1) is 16.2. The van der Waals surface area contributed by atoms with Gasteiger partial charge in [0.15, 0.2) is 0 Å². The predicted octanol–water partition coefficient (Wildman–Crippen LogP) is -0.0674. The second-order valence-corrected chi connectivity index (χ2v) is 6.47. The Morgan fingerprint density at radius 3 is 2.45 bits per heavy atom. The van der Waals surface area contributed by atoms with Gasteiger partial charge >= 0.3 is 0 Å². The summed E-state index contributed by atoms with van der Waals surface area (Å²) in [6.45, 7) is 9.00. The average molecular weight is 284 g/mol. The molecule has 118 valence electrons. The van der Waals surface area contributed by atoms with Gasteiger partial charge in [0.2, 0.25) is 0 Å². The van der Waals surface area contributed by atoms with Crippen molar-refractivity contribution in [2.45, 2.75) is 24.9 Å². The first-order chi connectivity index (χ1) is 9.69. The van der Waals surface area contributed by atoms with Crippen molar-refractivity contribution in [2.24, 2.45) is 0 Å². The Labute approximate surface area is 124 Å². The van der Waals surface area contributed by atoms with E-state index in [0.29, 0.717) is 6.04 Å². The fourth-order valence-corrected chi connectivity index (χ4v) is 2.77. The van der Waals surface area contributed by atoms with Gasteiger partial charge < -0.3 is 15.0 Å². The largest absolute Gasteiger partial charge is 0.383 e. The molecule has 1 atom stereocenters. The molecule has 0 radical (unpaired) electrons. The summed E-state index contributed by atoms with van der Waals surface area (Å²) in [5, 5.41) is 3.65. The van der Waals surface area contributed by atoms with Crippen molar-refractivity contribution in [3.05, 3.63) is 0 Å². The van der Waals surface area contributed by atoms with E-state index in [4.69, 9.17) is 4.74 Å². The van der Waals surface area contributed by atoms with Crippen molar-refractivity contribution in [1.29, 1.82) is 0 Å². The minimum absolute atomic E-state index is 0.539. The molecule has 1 N–H and O–H groups in total. The molecule has 1 aliphatic carbocycles. The van der Waals surface area contributed by atoms with Crippen molar-refractivity contribution in [3.8, 4) is 0 Å². The third-order valence-corrected chi connectivity index (χ3v) is 4.37. The van der Waals surface area contributed by atoms with Crippen molar-refractivity contribution in [1.82, 2.24) is 20.0 Å². The lowest BCUT2D eigenvalue weighted by molar-refractivity contribution is 0.0477. The summed E-state index contributed by atoms with van der Waals surface area (Å²) in [4.78, 5) is 7.44. The molecule has 1 aliphatic heterocycles. The zero-order chi connectivity index (χ0) is 14.4. The fraction of sp³-hybridized carbons (Fsp3) is 1.00. The van der Waals surface area contributed by atoms with Crippen LogP contribution in [0.2, 0.25) is 0 Å². The van der Waals surface area contributed by atoms with E-state index in [1.165, 1.54) is 45.6 Å². The van der Waals surface area contributed by atoms with Gasteiger partial charge in [-0.15, -0.1) is 0 Å². The summed E-state index contributed by atoms with van der Waals surface area (Å²) in [6, 6.07) is 1.33. The van der Waals surface area contributed by atoms with Crippen molar-refractivity contribution < 1.29 is 4.74 Å². The molecule has 0 bridgehead atoms. The molecule has 1 saturated carbocycles. The van der Waals surface area contributed by atoms with E-state index in [1.807, 2.05) is 7.11 Å². The zero-order valence-corrected chi connectivity index (χ0v) is 13.5. The highest BCUT2D eigenvalue weighted by atomic mass is 16.5. The molecule has 0 aromatic carbocycles. The van der Waals surface area contributed by atoms with Crippen molar-refractivity contribution in [3.63, 3.8) is 0 Å². The summed E-state index contributed by atoms with van der Waals surface area (Å²) >= 11 is 0. The maximum atomic E-state index is 5.41. The van der Waals surface area contributed by atoms with Crippen LogP contribution in [0, 0.1) is 0 Å². The van der Waals surface area contributed by atoms with Gasteiger partial charge in [0.1, 0.15) is 0 Å². The molecular formula is C15H32N4O. The number of rotatable bonds is 9. The fourth-order valence-electron chi connectivity index (χ4n) is 2.77. The monoisotopic (exact) mass is 284 g/mol. The summed E-state index contributed by atoms with van der Waals surface area (Å²) in [6.07, 6.45) is 2.72. The Hall–Kier alpha value is -0.200. The van der Waals surface area contributed by atoms with E-state index in [9.17, 15) is 0 Å². The highest BCUT2D eigenvalue weighted by Gasteiger charge is 2.26. The molecule has 5 nitrogen and oxygen atoms in total. The third kappa shape index (κ3) is 5.66. The quantitative estimate of drug-likeness (QED) is 0.641. The van der Waals surface area contributed by atoms with E-state index in [0.717, 1.165) is 25.7 Å². The van der Waals surface area contributed by atoms with Crippen LogP contribution in [-0.2, 0) is 4.74 Å². The number of nitrogens with one attached hydrogen (secondary N) is 1. The van der Waals surface area contributed by atoms with Crippen LogP contribution in [0.3, 0.4) is 0 Å². The molecule has 0 aromatic rings.